The van der Waals surface area contributed by atoms with E-state index in [-0.39, 0.29) is 0 Å². The van der Waals surface area contributed by atoms with E-state index in [4.69, 9.17) is 5.73 Å². The van der Waals surface area contributed by atoms with Crippen LogP contribution in [0.5, 0.6) is 0 Å². The number of nitrogens with two attached hydrogens (primary N) is 1. The fraction of sp³-hybridized carbons (Fsp3) is 0. The van der Waals surface area contributed by atoms with E-state index in [1.54, 1.807) is 0 Å². The first-order valence-corrected chi connectivity index (χ1v) is 3.88. The highest BCUT2D eigenvalue weighted by atomic mass is 127. The van der Waals surface area contributed by atoms with Gasteiger partial charge in [0.25, 0.3) is 0 Å². The number of rotatable bonds is 1. The molecule has 4 nitrogen and oxygen atoms in total. The molecule has 5 heteroatoms. The molecular weight excluding hydrogens is 257 g/mol. The van der Waals surface area contributed by atoms with Crippen molar-refractivity contribution in [2.75, 3.05) is 5.73 Å². The van der Waals surface area contributed by atoms with Crippen LogP contribution in [0.4, 0.5) is 5.82 Å². The van der Waals surface area contributed by atoms with Crippen molar-refractivity contribution >= 4 is 32.0 Å². The third kappa shape index (κ3) is 1.79. The number of aromatic nitrogens is 2. The molecule has 0 saturated carbocycles. The van der Waals surface area contributed by atoms with Gasteiger partial charge in [0.15, 0.2) is 0 Å². The molecule has 0 aliphatic rings. The zero-order valence-electron chi connectivity index (χ0n) is 5.60. The van der Waals surface area contributed by atoms with Gasteiger partial charge in [-0.2, -0.15) is 0 Å². The Balaban J connectivity index is 3.31. The Kier molecular flexibility index (Phi) is 2.28. The maximum absolute atomic E-state index is 10.6. The van der Waals surface area contributed by atoms with Gasteiger partial charge in [0.1, 0.15) is 5.82 Å². The van der Waals surface area contributed by atoms with Gasteiger partial charge in [0, 0.05) is 15.3 Å². The van der Waals surface area contributed by atoms with Gasteiger partial charge >= 0.3 is 5.69 Å². The average Bonchev–Trinajstić information content (AvgIpc) is 1.85. The zero-order valence-corrected chi connectivity index (χ0v) is 7.75. The summed E-state index contributed by atoms with van der Waals surface area (Å²) in [7, 11) is 0. The van der Waals surface area contributed by atoms with Crippen LogP contribution in [0.3, 0.4) is 0 Å². The van der Waals surface area contributed by atoms with Crippen molar-refractivity contribution in [2.45, 2.75) is 0 Å². The first-order chi connectivity index (χ1) is 5.11. The van der Waals surface area contributed by atoms with Crippen molar-refractivity contribution in [1.29, 1.82) is 0 Å². The Bertz CT molecular complexity index is 344. The summed E-state index contributed by atoms with van der Waals surface area (Å²) in [6.07, 6.45) is 1.41. The van der Waals surface area contributed by atoms with Gasteiger partial charge in [-0.25, -0.2) is 9.78 Å². The molecule has 0 spiro atoms. The lowest BCUT2D eigenvalue weighted by Crippen LogP contribution is -2.13. The minimum absolute atomic E-state index is 0.310. The van der Waals surface area contributed by atoms with Crippen molar-refractivity contribution in [1.82, 2.24) is 9.97 Å². The molecule has 0 radical (unpaired) electrons. The summed E-state index contributed by atoms with van der Waals surface area (Å²) < 4.78 is 0.754. The molecule has 0 aromatic carbocycles. The van der Waals surface area contributed by atoms with Gasteiger partial charge in [0.05, 0.1) is 0 Å². The number of halogens is 1. The Morgan fingerprint density at radius 1 is 1.82 bits per heavy atom. The van der Waals surface area contributed by atoms with Crippen LogP contribution >= 0.6 is 22.6 Å². The number of nitrogens with zero attached hydrogens (tertiary/aromatic N) is 1. The molecule has 1 aromatic rings. The third-order valence-electron chi connectivity index (χ3n) is 1.13. The molecule has 0 amide bonds. The molecule has 0 saturated heterocycles. The van der Waals surface area contributed by atoms with E-state index in [9.17, 15) is 4.79 Å². The molecule has 1 aromatic heterocycles. The molecule has 0 fully saturated rings. The number of aromatic amines is 1. The zero-order chi connectivity index (χ0) is 8.43. The van der Waals surface area contributed by atoms with Crippen LogP contribution in [-0.4, -0.2) is 9.97 Å². The first kappa shape index (κ1) is 8.25. The SMILES string of the molecule is C=C(I)c1cnc(=O)[nH]c1N. The Morgan fingerprint density at radius 3 is 2.91 bits per heavy atom. The molecule has 3 N–H and O–H groups in total. The normalized spacial score (nSPS) is 9.55. The van der Waals surface area contributed by atoms with Crippen molar-refractivity contribution < 1.29 is 0 Å². The topological polar surface area (TPSA) is 71.8 Å². The number of anilines is 1. The number of hydrogen-bond acceptors (Lipinski definition) is 3. The first-order valence-electron chi connectivity index (χ1n) is 2.81. The van der Waals surface area contributed by atoms with E-state index in [2.05, 4.69) is 16.5 Å². The molecule has 0 unspecified atom stereocenters. The van der Waals surface area contributed by atoms with Crippen LogP contribution in [-0.2, 0) is 0 Å². The second kappa shape index (κ2) is 3.04. The summed E-state index contributed by atoms with van der Waals surface area (Å²) in [5.41, 5.74) is 5.69. The van der Waals surface area contributed by atoms with Crippen molar-refractivity contribution in [3.05, 3.63) is 28.8 Å². The summed E-state index contributed by atoms with van der Waals surface area (Å²) >= 11 is 2.01. The number of nitrogen functional groups attached to an aromatic ring is 1. The van der Waals surface area contributed by atoms with Crippen LogP contribution < -0.4 is 11.4 Å². The lowest BCUT2D eigenvalue weighted by molar-refractivity contribution is 1.08. The highest BCUT2D eigenvalue weighted by Gasteiger charge is 2.00. The predicted molar refractivity (Wildman–Crippen MR) is 52.3 cm³/mol. The molecule has 0 atom stereocenters. The second-order valence-electron chi connectivity index (χ2n) is 1.92. The minimum Gasteiger partial charge on any atom is -0.385 e. The molecule has 1 heterocycles. The quantitative estimate of drug-likeness (QED) is 0.734. The van der Waals surface area contributed by atoms with Crippen molar-refractivity contribution in [3.63, 3.8) is 0 Å². The summed E-state index contributed by atoms with van der Waals surface area (Å²) in [5.74, 6) is 0.310. The lowest BCUT2D eigenvalue weighted by atomic mass is 10.3. The average molecular weight is 263 g/mol. The van der Waals surface area contributed by atoms with Crippen LogP contribution in [0.2, 0.25) is 0 Å². The third-order valence-corrected chi connectivity index (χ3v) is 1.72. The number of nitrogens with one attached hydrogen (secondary N) is 1. The predicted octanol–water partition coefficient (Wildman–Crippen LogP) is 0.758. The van der Waals surface area contributed by atoms with Crippen molar-refractivity contribution in [3.8, 4) is 0 Å². The molecule has 58 valence electrons. The highest BCUT2D eigenvalue weighted by molar-refractivity contribution is 14.1. The molecule has 0 bridgehead atoms. The van der Waals surface area contributed by atoms with Gasteiger partial charge in [0.2, 0.25) is 0 Å². The second-order valence-corrected chi connectivity index (χ2v) is 3.22. The smallest absolute Gasteiger partial charge is 0.346 e. The van der Waals surface area contributed by atoms with E-state index in [1.807, 2.05) is 22.6 Å². The number of H-pyrrole nitrogens is 1. The summed E-state index contributed by atoms with van der Waals surface area (Å²) in [6.45, 7) is 3.66. The largest absolute Gasteiger partial charge is 0.385 e. The molecule has 1 rings (SSSR count). The number of hydrogen-bond donors (Lipinski definition) is 2. The Hall–Kier alpha value is -0.850. The minimum atomic E-state index is -0.441. The lowest BCUT2D eigenvalue weighted by Gasteiger charge is -1.99. The Labute approximate surface area is 76.7 Å². The standard InChI is InChI=1S/C6H6IN3O/c1-3(7)4-2-9-6(11)10-5(4)8/h2H,1H2,(H3,8,9,10,11). The van der Waals surface area contributed by atoms with E-state index >= 15 is 0 Å². The molecular formula is C6H6IN3O. The van der Waals surface area contributed by atoms with Crippen LogP contribution in [0, 0.1) is 0 Å². The van der Waals surface area contributed by atoms with Gasteiger partial charge in [-0.15, -0.1) is 0 Å². The summed E-state index contributed by atoms with van der Waals surface area (Å²) in [6, 6.07) is 0. The molecule has 0 aliphatic heterocycles. The summed E-state index contributed by atoms with van der Waals surface area (Å²) in [4.78, 5) is 16.5. The van der Waals surface area contributed by atoms with Gasteiger partial charge in [-0.3, -0.25) is 4.98 Å². The maximum atomic E-state index is 10.6. The van der Waals surface area contributed by atoms with Crippen LogP contribution in [0.1, 0.15) is 5.56 Å². The van der Waals surface area contributed by atoms with Crippen molar-refractivity contribution in [2.24, 2.45) is 0 Å². The van der Waals surface area contributed by atoms with E-state index in [1.165, 1.54) is 6.20 Å². The van der Waals surface area contributed by atoms with E-state index in [0.29, 0.717) is 11.4 Å². The van der Waals surface area contributed by atoms with Crippen LogP contribution in [0.15, 0.2) is 17.6 Å². The molecule has 0 aliphatic carbocycles. The van der Waals surface area contributed by atoms with Gasteiger partial charge in [-0.05, 0) is 22.6 Å². The molecule has 11 heavy (non-hydrogen) atoms. The fourth-order valence-electron chi connectivity index (χ4n) is 0.624. The fourth-order valence-corrected chi connectivity index (χ4v) is 1.05. The van der Waals surface area contributed by atoms with E-state index in [0.717, 1.165) is 3.58 Å². The monoisotopic (exact) mass is 263 g/mol. The Morgan fingerprint density at radius 2 is 2.45 bits per heavy atom. The summed E-state index contributed by atoms with van der Waals surface area (Å²) in [5, 5.41) is 0. The van der Waals surface area contributed by atoms with Gasteiger partial charge in [-0.1, -0.05) is 6.58 Å². The van der Waals surface area contributed by atoms with Gasteiger partial charge < -0.3 is 5.73 Å². The highest BCUT2D eigenvalue weighted by Crippen LogP contribution is 2.20. The van der Waals surface area contributed by atoms with E-state index < -0.39 is 5.69 Å². The van der Waals surface area contributed by atoms with Crippen LogP contribution in [0.25, 0.3) is 3.58 Å². The maximum Gasteiger partial charge on any atom is 0.346 e.